The van der Waals surface area contributed by atoms with Crippen LogP contribution in [0, 0.1) is 28.5 Å². The number of amides is 1. The monoisotopic (exact) mass is 597 g/mol. The number of nitrogens with zero attached hydrogens (tertiary/aromatic N) is 7. The maximum atomic E-state index is 13.6. The lowest BCUT2D eigenvalue weighted by molar-refractivity contribution is -0.149. The van der Waals surface area contributed by atoms with Crippen LogP contribution in [-0.4, -0.2) is 78.8 Å². The first-order chi connectivity index (χ1) is 20.9. The molecule has 43 heavy (non-hydrogen) atoms. The Morgan fingerprint density at radius 3 is 2.67 bits per heavy atom. The van der Waals surface area contributed by atoms with Crippen LogP contribution in [0.4, 0.5) is 21.0 Å². The second-order valence-electron chi connectivity index (χ2n) is 11.8. The summed E-state index contributed by atoms with van der Waals surface area (Å²) in [5, 5.41) is 10.5. The van der Waals surface area contributed by atoms with E-state index < -0.39 is 0 Å². The van der Waals surface area contributed by atoms with Crippen molar-refractivity contribution in [1.29, 1.82) is 5.26 Å². The molecule has 0 unspecified atom stereocenters. The Morgan fingerprint density at radius 1 is 1.12 bits per heavy atom. The maximum Gasteiger partial charge on any atom is 0.228 e. The van der Waals surface area contributed by atoms with Gasteiger partial charge in [-0.1, -0.05) is 11.3 Å². The highest BCUT2D eigenvalue weighted by atomic mass is 32.1. The van der Waals surface area contributed by atoms with E-state index in [1.807, 2.05) is 29.0 Å². The van der Waals surface area contributed by atoms with Crippen molar-refractivity contribution in [1.82, 2.24) is 19.9 Å². The zero-order valence-corrected chi connectivity index (χ0v) is 24.4. The summed E-state index contributed by atoms with van der Waals surface area (Å²) in [5.41, 5.74) is 4.40. The molecule has 4 aliphatic rings. The number of ether oxygens (including phenoxy) is 2. The topological polar surface area (TPSA) is 108 Å². The number of thiazole rings is 1. The van der Waals surface area contributed by atoms with Crippen molar-refractivity contribution < 1.29 is 18.7 Å². The molecule has 7 heterocycles. The lowest BCUT2D eigenvalue weighted by Crippen LogP contribution is -2.73. The van der Waals surface area contributed by atoms with Crippen LogP contribution in [0.25, 0.3) is 22.3 Å². The molecule has 1 amide bonds. The number of rotatable bonds is 5. The van der Waals surface area contributed by atoms with E-state index in [0.717, 1.165) is 55.3 Å². The van der Waals surface area contributed by atoms with Crippen molar-refractivity contribution in [3.63, 3.8) is 0 Å². The van der Waals surface area contributed by atoms with Gasteiger partial charge in [0.1, 0.15) is 39.5 Å². The van der Waals surface area contributed by atoms with Gasteiger partial charge in [-0.25, -0.2) is 19.3 Å². The minimum Gasteiger partial charge on any atom is -0.489 e. The number of carbonyl (C=O) groups is 1. The molecule has 218 valence electrons. The minimum absolute atomic E-state index is 0.0105. The number of halogens is 1. The van der Waals surface area contributed by atoms with Crippen molar-refractivity contribution in [2.75, 3.05) is 62.8 Å². The van der Waals surface area contributed by atoms with E-state index in [1.54, 1.807) is 12.1 Å². The van der Waals surface area contributed by atoms with Crippen LogP contribution in [0.3, 0.4) is 0 Å². The van der Waals surface area contributed by atoms with Gasteiger partial charge in [-0.3, -0.25) is 4.79 Å². The highest BCUT2D eigenvalue weighted by molar-refractivity contribution is 7.16. The number of likely N-dealkylation sites (tertiary alicyclic amines) is 1. The van der Waals surface area contributed by atoms with Crippen LogP contribution in [0.2, 0.25) is 0 Å². The van der Waals surface area contributed by atoms with Crippen molar-refractivity contribution in [3.05, 3.63) is 52.8 Å². The number of pyridine rings is 2. The zero-order chi connectivity index (χ0) is 29.3. The quantitative estimate of drug-likeness (QED) is 0.335. The first-order valence-electron chi connectivity index (χ1n) is 14.4. The Kier molecular flexibility index (Phi) is 6.03. The van der Waals surface area contributed by atoms with Crippen molar-refractivity contribution >= 4 is 44.9 Å². The molecule has 0 radical (unpaired) electrons. The van der Waals surface area contributed by atoms with Crippen LogP contribution in [-0.2, 0) is 16.0 Å². The molecule has 0 N–H and O–H groups in total. The van der Waals surface area contributed by atoms with Gasteiger partial charge in [-0.2, -0.15) is 5.26 Å². The molecule has 4 aliphatic heterocycles. The Morgan fingerprint density at radius 2 is 1.93 bits per heavy atom. The average Bonchev–Trinajstić information content (AvgIpc) is 3.75. The number of anilines is 3. The number of fused-ring (bicyclic) bond motifs is 2. The van der Waals surface area contributed by atoms with E-state index in [0.29, 0.717) is 58.8 Å². The van der Waals surface area contributed by atoms with Gasteiger partial charge in [0.15, 0.2) is 10.9 Å². The smallest absolute Gasteiger partial charge is 0.228 e. The number of hydrogen-bond donors (Lipinski definition) is 0. The maximum absolute atomic E-state index is 13.6. The van der Waals surface area contributed by atoms with E-state index in [-0.39, 0.29) is 23.1 Å². The Hall–Kier alpha value is -4.34. The summed E-state index contributed by atoms with van der Waals surface area (Å²) < 4.78 is 25.1. The molecule has 8 rings (SSSR count). The number of benzene rings is 1. The Labute approximate surface area is 251 Å². The highest BCUT2D eigenvalue weighted by Crippen LogP contribution is 2.46. The van der Waals surface area contributed by atoms with Crippen LogP contribution in [0.5, 0.6) is 5.75 Å². The molecule has 12 heteroatoms. The van der Waals surface area contributed by atoms with Gasteiger partial charge in [-0.05, 0) is 42.8 Å². The second-order valence-corrected chi connectivity index (χ2v) is 12.8. The van der Waals surface area contributed by atoms with E-state index in [4.69, 9.17) is 24.4 Å². The van der Waals surface area contributed by atoms with Gasteiger partial charge < -0.3 is 24.2 Å². The first kappa shape index (κ1) is 26.3. The van der Waals surface area contributed by atoms with Crippen LogP contribution < -0.4 is 14.5 Å². The molecule has 1 aromatic carbocycles. The third-order valence-corrected chi connectivity index (χ3v) is 9.91. The molecule has 10 nitrogen and oxygen atoms in total. The van der Waals surface area contributed by atoms with E-state index in [2.05, 4.69) is 11.0 Å². The summed E-state index contributed by atoms with van der Waals surface area (Å²) in [4.78, 5) is 34.1. The molecule has 3 fully saturated rings. The third-order valence-electron chi connectivity index (χ3n) is 8.88. The van der Waals surface area contributed by atoms with Gasteiger partial charge in [0.2, 0.25) is 5.91 Å². The van der Waals surface area contributed by atoms with Crippen LogP contribution >= 0.6 is 11.3 Å². The van der Waals surface area contributed by atoms with E-state index in [9.17, 15) is 14.4 Å². The van der Waals surface area contributed by atoms with Crippen LogP contribution in [0.1, 0.15) is 17.0 Å². The molecule has 3 aromatic heterocycles. The lowest BCUT2D eigenvalue weighted by atomic mass is 9.72. The number of hydrogen-bond acceptors (Lipinski definition) is 10. The second kappa shape index (κ2) is 9.86. The highest BCUT2D eigenvalue weighted by Gasteiger charge is 2.54. The predicted molar refractivity (Wildman–Crippen MR) is 159 cm³/mol. The summed E-state index contributed by atoms with van der Waals surface area (Å²) in [6, 6.07) is 12.3. The number of aromatic nitrogens is 3. The van der Waals surface area contributed by atoms with Gasteiger partial charge >= 0.3 is 0 Å². The van der Waals surface area contributed by atoms with E-state index in [1.165, 1.54) is 23.5 Å². The summed E-state index contributed by atoms with van der Waals surface area (Å²) >= 11 is 1.27. The summed E-state index contributed by atoms with van der Waals surface area (Å²) in [5.74, 6) is 1.42. The standard InChI is InChI=1S/C31H28FN7O3S/c1-37(30-36-25(23(12-33)43-30)18-2-4-20(32)5-3-18)27-26-21(34-22-9-11-42-28(22)27)6-7-24(35-26)38-14-31(15-38)16-39(17-31)29(40)19-8-10-41-13-19/h2-7,19H,8-11,13-17H2,1H3/t19-/m0/s1. The number of nitriles is 1. The first-order valence-corrected chi connectivity index (χ1v) is 15.2. The fraction of sp³-hybridized carbons (Fsp3) is 0.387. The summed E-state index contributed by atoms with van der Waals surface area (Å²) in [6.45, 7) is 5.00. The largest absolute Gasteiger partial charge is 0.489 e. The van der Waals surface area contributed by atoms with Gasteiger partial charge in [-0.15, -0.1) is 0 Å². The van der Waals surface area contributed by atoms with Gasteiger partial charge in [0.25, 0.3) is 0 Å². The van der Waals surface area contributed by atoms with Crippen molar-refractivity contribution in [2.45, 2.75) is 12.8 Å². The molecule has 0 bridgehead atoms. The average molecular weight is 598 g/mol. The molecule has 3 saturated heterocycles. The molecule has 0 aliphatic carbocycles. The fourth-order valence-electron chi connectivity index (χ4n) is 6.66. The van der Waals surface area contributed by atoms with Crippen molar-refractivity contribution in [2.24, 2.45) is 11.3 Å². The molecule has 1 spiro atoms. The zero-order valence-electron chi connectivity index (χ0n) is 23.5. The van der Waals surface area contributed by atoms with Crippen molar-refractivity contribution in [3.8, 4) is 23.1 Å². The Balaban J connectivity index is 1.09. The summed E-state index contributed by atoms with van der Waals surface area (Å²) in [7, 11) is 1.90. The molecule has 4 aromatic rings. The number of carbonyl (C=O) groups excluding carboxylic acids is 1. The minimum atomic E-state index is -0.344. The van der Waals surface area contributed by atoms with E-state index >= 15 is 0 Å². The fourth-order valence-corrected chi connectivity index (χ4v) is 7.52. The summed E-state index contributed by atoms with van der Waals surface area (Å²) in [6.07, 6.45) is 1.52. The normalized spacial score (nSPS) is 20.0. The van der Waals surface area contributed by atoms with Gasteiger partial charge in [0.05, 0.1) is 30.3 Å². The Bertz CT molecular complexity index is 1800. The molecular formula is C31H28FN7O3S. The lowest BCUT2D eigenvalue weighted by Gasteiger charge is -2.60. The predicted octanol–water partition coefficient (Wildman–Crippen LogP) is 4.15. The molecular weight excluding hydrogens is 569 g/mol. The van der Waals surface area contributed by atoms with Crippen LogP contribution in [0.15, 0.2) is 36.4 Å². The molecule has 0 saturated carbocycles. The molecule has 1 atom stereocenters. The third kappa shape index (κ3) is 4.29. The van der Waals surface area contributed by atoms with Gasteiger partial charge in [0, 0.05) is 57.2 Å². The SMILES string of the molecule is CN(c1nc(-c2ccc(F)cc2)c(C#N)s1)c1c2c(nc3ccc(N4CC5(CN(C(=O)[C@H]6CCOC6)C5)C4)nc13)CCO2.